The molecule has 1 saturated heterocycles. The SMILES string of the molecule is COc1ccccc1N1CCN(C(=O)CN2C(=O)N[C@@H](c3ccc(C)cc3)C3=C2COC3=O)CC1. The van der Waals surface area contributed by atoms with Gasteiger partial charge in [0, 0.05) is 26.2 Å². The van der Waals surface area contributed by atoms with Crippen molar-refractivity contribution >= 4 is 23.6 Å². The minimum Gasteiger partial charge on any atom is -0.495 e. The Morgan fingerprint density at radius 2 is 1.77 bits per heavy atom. The Labute approximate surface area is 203 Å². The topological polar surface area (TPSA) is 91.4 Å². The lowest BCUT2D eigenvalue weighted by molar-refractivity contribution is -0.136. The molecule has 9 nitrogen and oxygen atoms in total. The standard InChI is InChI=1S/C26H28N4O5/c1-17-7-9-18(10-8-17)24-23-20(16-35-25(23)32)30(26(33)27-24)15-22(31)29-13-11-28(12-14-29)19-5-3-4-6-21(19)34-2/h3-10,24H,11-16H2,1-2H3,(H,27,33)/t24-/m0/s1. The molecular weight excluding hydrogens is 448 g/mol. The van der Waals surface area contributed by atoms with Gasteiger partial charge in [0.15, 0.2) is 0 Å². The van der Waals surface area contributed by atoms with Gasteiger partial charge in [0.1, 0.15) is 18.9 Å². The summed E-state index contributed by atoms with van der Waals surface area (Å²) in [5, 5.41) is 2.89. The van der Waals surface area contributed by atoms with E-state index in [4.69, 9.17) is 9.47 Å². The van der Waals surface area contributed by atoms with Crippen molar-refractivity contribution in [1.82, 2.24) is 15.1 Å². The number of nitrogens with one attached hydrogen (secondary N) is 1. The van der Waals surface area contributed by atoms with Crippen molar-refractivity contribution in [3.8, 4) is 5.75 Å². The summed E-state index contributed by atoms with van der Waals surface area (Å²) in [5.74, 6) is 0.166. The van der Waals surface area contributed by atoms with Gasteiger partial charge in [0.05, 0.1) is 30.1 Å². The fourth-order valence-corrected chi connectivity index (χ4v) is 4.81. The summed E-state index contributed by atoms with van der Waals surface area (Å²) in [6.07, 6.45) is 0. The quantitative estimate of drug-likeness (QED) is 0.666. The van der Waals surface area contributed by atoms with Crippen LogP contribution < -0.4 is 15.0 Å². The van der Waals surface area contributed by atoms with Crippen LogP contribution in [-0.2, 0) is 14.3 Å². The number of benzene rings is 2. The first-order chi connectivity index (χ1) is 17.0. The highest BCUT2D eigenvalue weighted by atomic mass is 16.5. The average molecular weight is 477 g/mol. The fraction of sp³-hybridized carbons (Fsp3) is 0.346. The third-order valence-electron chi connectivity index (χ3n) is 6.76. The Balaban J connectivity index is 1.29. The predicted molar refractivity (Wildman–Crippen MR) is 129 cm³/mol. The van der Waals surface area contributed by atoms with Gasteiger partial charge >= 0.3 is 12.0 Å². The van der Waals surface area contributed by atoms with E-state index in [2.05, 4.69) is 10.2 Å². The smallest absolute Gasteiger partial charge is 0.338 e. The molecule has 0 aromatic heterocycles. The minimum absolute atomic E-state index is 0.0151. The van der Waals surface area contributed by atoms with Crippen molar-refractivity contribution in [3.05, 3.63) is 70.9 Å². The number of cyclic esters (lactones) is 1. The Hall–Kier alpha value is -4.01. The molecule has 0 saturated carbocycles. The molecule has 0 bridgehead atoms. The summed E-state index contributed by atoms with van der Waals surface area (Å²) < 4.78 is 10.7. The van der Waals surface area contributed by atoms with E-state index in [0.29, 0.717) is 37.4 Å². The van der Waals surface area contributed by atoms with Crippen molar-refractivity contribution in [3.63, 3.8) is 0 Å². The molecule has 5 rings (SSSR count). The van der Waals surface area contributed by atoms with E-state index in [-0.39, 0.29) is 19.1 Å². The van der Waals surface area contributed by atoms with Crippen LogP contribution in [0.15, 0.2) is 59.8 Å². The van der Waals surface area contributed by atoms with Crippen LogP contribution in [0.1, 0.15) is 17.2 Å². The Kier molecular flexibility index (Phi) is 6.07. The molecule has 2 aromatic carbocycles. The van der Waals surface area contributed by atoms with Crippen LogP contribution in [0.3, 0.4) is 0 Å². The van der Waals surface area contributed by atoms with Gasteiger partial charge in [-0.05, 0) is 24.6 Å². The average Bonchev–Trinajstić information content (AvgIpc) is 3.27. The van der Waals surface area contributed by atoms with E-state index in [9.17, 15) is 14.4 Å². The van der Waals surface area contributed by atoms with Gasteiger partial charge in [-0.3, -0.25) is 9.69 Å². The number of aryl methyl sites for hydroxylation is 1. The number of anilines is 1. The zero-order chi connectivity index (χ0) is 24.5. The van der Waals surface area contributed by atoms with Crippen molar-refractivity contribution in [2.45, 2.75) is 13.0 Å². The largest absolute Gasteiger partial charge is 0.495 e. The van der Waals surface area contributed by atoms with E-state index < -0.39 is 18.0 Å². The number of carbonyl (C=O) groups is 3. The molecule has 1 fully saturated rings. The second-order valence-electron chi connectivity index (χ2n) is 8.86. The number of esters is 1. The monoisotopic (exact) mass is 476 g/mol. The normalized spacial score (nSPS) is 19.9. The first-order valence-electron chi connectivity index (χ1n) is 11.7. The first-order valence-corrected chi connectivity index (χ1v) is 11.7. The maximum absolute atomic E-state index is 13.1. The number of methoxy groups -OCH3 is 1. The number of rotatable bonds is 5. The highest BCUT2D eigenvalue weighted by Gasteiger charge is 2.43. The number of hydrogen-bond acceptors (Lipinski definition) is 6. The molecule has 2 aromatic rings. The summed E-state index contributed by atoms with van der Waals surface area (Å²) in [6.45, 7) is 4.18. The first kappa shape index (κ1) is 22.8. The van der Waals surface area contributed by atoms with E-state index in [1.807, 2.05) is 55.5 Å². The summed E-state index contributed by atoms with van der Waals surface area (Å²) in [7, 11) is 1.64. The van der Waals surface area contributed by atoms with Gasteiger partial charge in [-0.15, -0.1) is 0 Å². The van der Waals surface area contributed by atoms with Gasteiger partial charge in [-0.25, -0.2) is 9.59 Å². The van der Waals surface area contributed by atoms with Crippen molar-refractivity contribution < 1.29 is 23.9 Å². The number of piperazine rings is 1. The molecule has 182 valence electrons. The molecule has 0 aliphatic carbocycles. The Bertz CT molecular complexity index is 1180. The van der Waals surface area contributed by atoms with E-state index in [0.717, 1.165) is 22.6 Å². The van der Waals surface area contributed by atoms with Crippen molar-refractivity contribution in [1.29, 1.82) is 0 Å². The van der Waals surface area contributed by atoms with Crippen LogP contribution in [0.5, 0.6) is 5.75 Å². The molecule has 0 spiro atoms. The molecule has 35 heavy (non-hydrogen) atoms. The lowest BCUT2D eigenvalue weighted by atomic mass is 9.95. The van der Waals surface area contributed by atoms with E-state index >= 15 is 0 Å². The van der Waals surface area contributed by atoms with Gasteiger partial charge in [0.25, 0.3) is 0 Å². The van der Waals surface area contributed by atoms with Crippen LogP contribution >= 0.6 is 0 Å². The number of carbonyl (C=O) groups excluding carboxylic acids is 3. The Morgan fingerprint density at radius 1 is 1.06 bits per heavy atom. The third kappa shape index (κ3) is 4.29. The number of urea groups is 1. The van der Waals surface area contributed by atoms with Gasteiger partial charge < -0.3 is 24.6 Å². The molecule has 0 unspecified atom stereocenters. The van der Waals surface area contributed by atoms with Crippen LogP contribution in [0, 0.1) is 6.92 Å². The van der Waals surface area contributed by atoms with Crippen LogP contribution in [0.4, 0.5) is 10.5 Å². The molecule has 9 heteroatoms. The van der Waals surface area contributed by atoms with Crippen LogP contribution in [0.2, 0.25) is 0 Å². The third-order valence-corrected chi connectivity index (χ3v) is 6.76. The molecule has 0 radical (unpaired) electrons. The van der Waals surface area contributed by atoms with Crippen molar-refractivity contribution in [2.75, 3.05) is 51.3 Å². The number of nitrogens with zero attached hydrogens (tertiary/aromatic N) is 3. The van der Waals surface area contributed by atoms with Gasteiger partial charge in [0.2, 0.25) is 5.91 Å². The van der Waals surface area contributed by atoms with Crippen LogP contribution in [-0.4, -0.2) is 74.1 Å². The lowest BCUT2D eigenvalue weighted by Gasteiger charge is -2.38. The maximum Gasteiger partial charge on any atom is 0.338 e. The highest BCUT2D eigenvalue weighted by Crippen LogP contribution is 2.35. The highest BCUT2D eigenvalue weighted by molar-refractivity contribution is 5.98. The van der Waals surface area contributed by atoms with Gasteiger partial charge in [-0.1, -0.05) is 42.0 Å². The number of hydrogen-bond donors (Lipinski definition) is 1. The fourth-order valence-electron chi connectivity index (χ4n) is 4.81. The second-order valence-corrected chi connectivity index (χ2v) is 8.86. The number of para-hydroxylation sites is 2. The minimum atomic E-state index is -0.594. The molecule has 1 atom stereocenters. The lowest BCUT2D eigenvalue weighted by Crippen LogP contribution is -2.54. The van der Waals surface area contributed by atoms with Crippen molar-refractivity contribution in [2.24, 2.45) is 0 Å². The molecule has 3 amide bonds. The summed E-state index contributed by atoms with van der Waals surface area (Å²) in [6, 6.07) is 14.5. The molecule has 3 heterocycles. The summed E-state index contributed by atoms with van der Waals surface area (Å²) in [4.78, 5) is 44.0. The summed E-state index contributed by atoms with van der Waals surface area (Å²) >= 11 is 0. The number of amides is 3. The van der Waals surface area contributed by atoms with E-state index in [1.54, 1.807) is 12.0 Å². The van der Waals surface area contributed by atoms with Gasteiger partial charge in [-0.2, -0.15) is 0 Å². The Morgan fingerprint density at radius 3 is 2.49 bits per heavy atom. The molecule has 3 aliphatic rings. The zero-order valence-corrected chi connectivity index (χ0v) is 19.8. The van der Waals surface area contributed by atoms with E-state index in [1.165, 1.54) is 4.90 Å². The second kappa shape index (κ2) is 9.32. The van der Waals surface area contributed by atoms with Crippen LogP contribution in [0.25, 0.3) is 0 Å². The summed E-state index contributed by atoms with van der Waals surface area (Å²) in [5.41, 5.74) is 3.73. The molecule has 3 aliphatic heterocycles. The predicted octanol–water partition coefficient (Wildman–Crippen LogP) is 2.23. The number of ether oxygens (including phenoxy) is 2. The maximum atomic E-state index is 13.1. The molecular formula is C26H28N4O5. The molecule has 1 N–H and O–H groups in total. The zero-order valence-electron chi connectivity index (χ0n) is 19.8.